The van der Waals surface area contributed by atoms with Crippen LogP contribution in [0.15, 0.2) is 0 Å². The molecule has 1 fully saturated rings. The number of hydrogen-bond donors (Lipinski definition) is 2. The minimum absolute atomic E-state index is 0.286. The van der Waals surface area contributed by atoms with Crippen molar-refractivity contribution in [3.63, 3.8) is 0 Å². The monoisotopic (exact) mass is 285 g/mol. The van der Waals surface area contributed by atoms with E-state index in [9.17, 15) is 9.90 Å². The third-order valence-electron chi connectivity index (χ3n) is 4.92. The van der Waals surface area contributed by atoms with Crippen molar-refractivity contribution < 1.29 is 14.6 Å². The zero-order valence-corrected chi connectivity index (χ0v) is 13.6. The van der Waals surface area contributed by atoms with Crippen LogP contribution in [0.1, 0.15) is 53.4 Å². The molecule has 4 heteroatoms. The molecule has 4 nitrogen and oxygen atoms in total. The molecule has 0 amide bonds. The molecule has 2 N–H and O–H groups in total. The molecule has 1 saturated carbocycles. The first-order chi connectivity index (χ1) is 9.30. The first-order valence-electron chi connectivity index (χ1n) is 7.84. The van der Waals surface area contributed by atoms with Gasteiger partial charge in [0.2, 0.25) is 0 Å². The number of carbonyl (C=O) groups is 1. The van der Waals surface area contributed by atoms with E-state index in [1.54, 1.807) is 14.0 Å². The Balaban J connectivity index is 2.51. The summed E-state index contributed by atoms with van der Waals surface area (Å²) in [6.07, 6.45) is 4.40. The number of carboxylic acid groups (broad SMARTS) is 1. The molecule has 0 heterocycles. The lowest BCUT2D eigenvalue weighted by molar-refractivity contribution is -0.145. The minimum Gasteiger partial charge on any atom is -0.480 e. The number of carboxylic acids is 1. The second-order valence-electron chi connectivity index (χ2n) is 6.87. The van der Waals surface area contributed by atoms with Crippen LogP contribution in [-0.4, -0.2) is 36.4 Å². The van der Waals surface area contributed by atoms with Crippen LogP contribution < -0.4 is 5.32 Å². The van der Waals surface area contributed by atoms with Gasteiger partial charge in [-0.05, 0) is 51.0 Å². The molecule has 0 aliphatic heterocycles. The van der Waals surface area contributed by atoms with Crippen LogP contribution in [-0.2, 0) is 9.53 Å². The maximum atomic E-state index is 11.2. The van der Waals surface area contributed by atoms with E-state index in [1.165, 1.54) is 12.8 Å². The molecule has 0 saturated heterocycles. The maximum absolute atomic E-state index is 11.2. The fourth-order valence-electron chi connectivity index (χ4n) is 3.06. The van der Waals surface area contributed by atoms with Crippen LogP contribution in [0.4, 0.5) is 0 Å². The van der Waals surface area contributed by atoms with Crippen LogP contribution >= 0.6 is 0 Å². The molecule has 0 aromatic carbocycles. The Morgan fingerprint density at radius 2 is 2.10 bits per heavy atom. The van der Waals surface area contributed by atoms with Crippen molar-refractivity contribution in [1.82, 2.24) is 5.32 Å². The molecule has 4 unspecified atom stereocenters. The van der Waals surface area contributed by atoms with Crippen molar-refractivity contribution in [3.8, 4) is 0 Å². The first kappa shape index (κ1) is 17.4. The molecule has 1 aliphatic carbocycles. The normalized spacial score (nSPS) is 30.2. The quantitative estimate of drug-likeness (QED) is 0.755. The minimum atomic E-state index is -0.895. The summed E-state index contributed by atoms with van der Waals surface area (Å²) in [4.78, 5) is 11.2. The molecule has 0 bridgehead atoms. The summed E-state index contributed by atoms with van der Waals surface area (Å²) >= 11 is 0. The van der Waals surface area contributed by atoms with E-state index in [0.717, 1.165) is 6.42 Å². The van der Waals surface area contributed by atoms with E-state index in [0.29, 0.717) is 30.8 Å². The summed E-state index contributed by atoms with van der Waals surface area (Å²) in [5.74, 6) is 1.13. The maximum Gasteiger partial charge on any atom is 0.323 e. The van der Waals surface area contributed by atoms with Gasteiger partial charge in [-0.2, -0.15) is 0 Å². The average molecular weight is 285 g/mol. The lowest BCUT2D eigenvalue weighted by Gasteiger charge is -2.37. The molecule has 1 rings (SSSR count). The molecule has 0 spiro atoms. The molecule has 20 heavy (non-hydrogen) atoms. The molecule has 4 atom stereocenters. The van der Waals surface area contributed by atoms with Gasteiger partial charge in [-0.1, -0.05) is 27.2 Å². The van der Waals surface area contributed by atoms with Crippen molar-refractivity contribution in [1.29, 1.82) is 0 Å². The van der Waals surface area contributed by atoms with Crippen LogP contribution in [0.25, 0.3) is 0 Å². The van der Waals surface area contributed by atoms with Crippen LogP contribution in [0, 0.1) is 17.8 Å². The fraction of sp³-hybridized carbons (Fsp3) is 0.938. The second-order valence-corrected chi connectivity index (χ2v) is 6.87. The third kappa shape index (κ3) is 4.45. The molecule has 1 aliphatic rings. The van der Waals surface area contributed by atoms with E-state index in [1.807, 2.05) is 0 Å². The first-order valence-corrected chi connectivity index (χ1v) is 7.84. The van der Waals surface area contributed by atoms with Crippen LogP contribution in [0.2, 0.25) is 0 Å². The van der Waals surface area contributed by atoms with Gasteiger partial charge in [-0.3, -0.25) is 4.79 Å². The molecule has 118 valence electrons. The Morgan fingerprint density at radius 3 is 2.60 bits per heavy atom. The Bertz CT molecular complexity index is 319. The predicted octanol–water partition coefficient (Wildman–Crippen LogP) is 2.92. The highest BCUT2D eigenvalue weighted by atomic mass is 16.5. The second kappa shape index (κ2) is 7.41. The Kier molecular flexibility index (Phi) is 6.46. The lowest BCUT2D eigenvalue weighted by Crippen LogP contribution is -2.48. The van der Waals surface area contributed by atoms with E-state index < -0.39 is 11.5 Å². The van der Waals surface area contributed by atoms with Gasteiger partial charge in [0, 0.05) is 6.61 Å². The van der Waals surface area contributed by atoms with Crippen molar-refractivity contribution in [2.45, 2.75) is 65.0 Å². The SMILES string of the molecule is CNC(C)(CCOC1CC(C)CCC1C(C)C)C(=O)O. The van der Waals surface area contributed by atoms with Crippen molar-refractivity contribution in [3.05, 3.63) is 0 Å². The summed E-state index contributed by atoms with van der Waals surface area (Å²) in [6, 6.07) is 0. The van der Waals surface area contributed by atoms with Crippen molar-refractivity contribution in [2.75, 3.05) is 13.7 Å². The summed E-state index contributed by atoms with van der Waals surface area (Å²) in [6.45, 7) is 9.01. The number of nitrogens with one attached hydrogen (secondary N) is 1. The molecule has 0 aromatic heterocycles. The van der Waals surface area contributed by atoms with E-state index in [-0.39, 0.29) is 6.10 Å². The van der Waals surface area contributed by atoms with E-state index in [2.05, 4.69) is 26.1 Å². The fourth-order valence-corrected chi connectivity index (χ4v) is 3.06. The number of ether oxygens (including phenoxy) is 1. The molecular weight excluding hydrogens is 254 g/mol. The zero-order chi connectivity index (χ0) is 15.3. The van der Waals surface area contributed by atoms with Gasteiger partial charge in [-0.15, -0.1) is 0 Å². The summed E-state index contributed by atoms with van der Waals surface area (Å²) < 4.78 is 6.07. The summed E-state index contributed by atoms with van der Waals surface area (Å²) in [5, 5.41) is 12.1. The summed E-state index contributed by atoms with van der Waals surface area (Å²) in [7, 11) is 1.69. The van der Waals surface area contributed by atoms with Gasteiger partial charge in [0.05, 0.1) is 6.10 Å². The lowest BCUT2D eigenvalue weighted by atomic mass is 9.75. The topological polar surface area (TPSA) is 58.6 Å². The highest BCUT2D eigenvalue weighted by Crippen LogP contribution is 2.35. The Hall–Kier alpha value is -0.610. The number of hydrogen-bond acceptors (Lipinski definition) is 3. The Labute approximate surface area is 123 Å². The molecule has 0 radical (unpaired) electrons. The van der Waals surface area contributed by atoms with Crippen LogP contribution in [0.3, 0.4) is 0 Å². The standard InChI is InChI=1S/C16H31NO3/c1-11(2)13-7-6-12(3)10-14(13)20-9-8-16(4,17-5)15(18)19/h11-14,17H,6-10H2,1-5H3,(H,18,19). The number of aliphatic carboxylic acids is 1. The summed E-state index contributed by atoms with van der Waals surface area (Å²) in [5.41, 5.74) is -0.895. The largest absolute Gasteiger partial charge is 0.480 e. The smallest absolute Gasteiger partial charge is 0.323 e. The third-order valence-corrected chi connectivity index (χ3v) is 4.92. The molecular formula is C16H31NO3. The van der Waals surface area contributed by atoms with Gasteiger partial charge >= 0.3 is 5.97 Å². The van der Waals surface area contributed by atoms with E-state index >= 15 is 0 Å². The van der Waals surface area contributed by atoms with Crippen molar-refractivity contribution in [2.24, 2.45) is 17.8 Å². The van der Waals surface area contributed by atoms with E-state index in [4.69, 9.17) is 4.74 Å². The van der Waals surface area contributed by atoms with Gasteiger partial charge in [-0.25, -0.2) is 0 Å². The number of rotatable bonds is 7. The zero-order valence-electron chi connectivity index (χ0n) is 13.6. The Morgan fingerprint density at radius 1 is 1.45 bits per heavy atom. The molecule has 0 aromatic rings. The predicted molar refractivity (Wildman–Crippen MR) is 80.8 cm³/mol. The highest BCUT2D eigenvalue weighted by Gasteiger charge is 2.34. The van der Waals surface area contributed by atoms with Crippen molar-refractivity contribution >= 4 is 5.97 Å². The van der Waals surface area contributed by atoms with Gasteiger partial charge in [0.15, 0.2) is 0 Å². The highest BCUT2D eigenvalue weighted by molar-refractivity contribution is 5.78. The average Bonchev–Trinajstić information content (AvgIpc) is 2.38. The van der Waals surface area contributed by atoms with Gasteiger partial charge < -0.3 is 15.2 Å². The van der Waals surface area contributed by atoms with Crippen LogP contribution in [0.5, 0.6) is 0 Å². The van der Waals surface area contributed by atoms with Gasteiger partial charge in [0.1, 0.15) is 5.54 Å². The number of likely N-dealkylation sites (N-methyl/N-ethyl adjacent to an activating group) is 1. The van der Waals surface area contributed by atoms with Gasteiger partial charge in [0.25, 0.3) is 0 Å².